The van der Waals surface area contributed by atoms with Crippen molar-refractivity contribution in [1.82, 2.24) is 5.32 Å². The molecule has 0 saturated heterocycles. The lowest BCUT2D eigenvalue weighted by Gasteiger charge is -2.40. The average Bonchev–Trinajstić information content (AvgIpc) is 2.44. The fourth-order valence-corrected chi connectivity index (χ4v) is 3.37. The zero-order valence-electron chi connectivity index (χ0n) is 12.5. The molecule has 0 unspecified atom stereocenters. The van der Waals surface area contributed by atoms with Crippen molar-refractivity contribution in [2.45, 2.75) is 30.9 Å². The van der Waals surface area contributed by atoms with E-state index in [0.29, 0.717) is 17.7 Å². The molecule has 0 bridgehead atoms. The highest BCUT2D eigenvalue weighted by Gasteiger charge is 2.36. The van der Waals surface area contributed by atoms with Gasteiger partial charge >= 0.3 is 0 Å². The first-order valence-corrected chi connectivity index (χ1v) is 8.36. The predicted molar refractivity (Wildman–Crippen MR) is 87.6 cm³/mol. The van der Waals surface area contributed by atoms with Crippen LogP contribution >= 0.6 is 11.8 Å². The highest BCUT2D eigenvalue weighted by Crippen LogP contribution is 2.42. The Hall–Kier alpha value is -1.44. The second-order valence-electron chi connectivity index (χ2n) is 5.43. The lowest BCUT2D eigenvalue weighted by atomic mass is 9.84. The summed E-state index contributed by atoms with van der Waals surface area (Å²) in [5.74, 6) is 5.39. The molecule has 2 rings (SSSR count). The number of aliphatic hydroxyl groups is 1. The number of thioether (sulfide) groups is 1. The Morgan fingerprint density at radius 3 is 2.81 bits per heavy atom. The van der Waals surface area contributed by atoms with Gasteiger partial charge in [-0.2, -0.15) is 11.8 Å². The largest absolute Gasteiger partial charge is 0.384 e. The SMILES string of the molecule is CSC1(CNC(=O)c2ccc(C)cc2C#CCO)CCC1. The van der Waals surface area contributed by atoms with Crippen LogP contribution in [0.1, 0.15) is 40.7 Å². The Labute approximate surface area is 130 Å². The van der Waals surface area contributed by atoms with Crippen LogP contribution in [0, 0.1) is 18.8 Å². The van der Waals surface area contributed by atoms with Crippen molar-refractivity contribution in [3.05, 3.63) is 34.9 Å². The first-order chi connectivity index (χ1) is 10.1. The lowest BCUT2D eigenvalue weighted by Crippen LogP contribution is -2.45. The number of amides is 1. The molecule has 0 radical (unpaired) electrons. The number of carbonyl (C=O) groups excluding carboxylic acids is 1. The van der Waals surface area contributed by atoms with Crippen LogP contribution in [0.4, 0.5) is 0 Å². The van der Waals surface area contributed by atoms with Crippen molar-refractivity contribution in [1.29, 1.82) is 0 Å². The molecule has 1 aliphatic rings. The molecule has 0 atom stereocenters. The van der Waals surface area contributed by atoms with E-state index in [1.54, 1.807) is 6.07 Å². The molecule has 0 heterocycles. The van der Waals surface area contributed by atoms with Gasteiger partial charge in [0.1, 0.15) is 6.61 Å². The summed E-state index contributed by atoms with van der Waals surface area (Å²) >= 11 is 1.84. The quantitative estimate of drug-likeness (QED) is 0.840. The van der Waals surface area contributed by atoms with Crippen LogP contribution in [0.15, 0.2) is 18.2 Å². The van der Waals surface area contributed by atoms with Crippen molar-refractivity contribution in [2.24, 2.45) is 0 Å². The van der Waals surface area contributed by atoms with Crippen LogP contribution in [-0.2, 0) is 0 Å². The predicted octanol–water partition coefficient (Wildman–Crippen LogP) is 2.35. The molecule has 21 heavy (non-hydrogen) atoms. The van der Waals surface area contributed by atoms with Gasteiger partial charge in [-0.05, 0) is 43.7 Å². The summed E-state index contributed by atoms with van der Waals surface area (Å²) in [6.45, 7) is 2.46. The van der Waals surface area contributed by atoms with Crippen LogP contribution in [0.3, 0.4) is 0 Å². The minimum atomic E-state index is -0.204. The van der Waals surface area contributed by atoms with Crippen molar-refractivity contribution in [3.8, 4) is 11.8 Å². The Balaban J connectivity index is 2.11. The first-order valence-electron chi connectivity index (χ1n) is 7.14. The summed E-state index contributed by atoms with van der Waals surface area (Å²) in [5.41, 5.74) is 2.30. The molecule has 1 amide bonds. The van der Waals surface area contributed by atoms with Crippen LogP contribution in [-0.4, -0.2) is 35.2 Å². The number of hydrogen-bond donors (Lipinski definition) is 2. The molecular weight excluding hydrogens is 282 g/mol. The van der Waals surface area contributed by atoms with E-state index < -0.39 is 0 Å². The third-order valence-corrected chi connectivity index (χ3v) is 5.41. The van der Waals surface area contributed by atoms with Gasteiger partial charge in [0.15, 0.2) is 0 Å². The highest BCUT2D eigenvalue weighted by atomic mass is 32.2. The van der Waals surface area contributed by atoms with E-state index in [2.05, 4.69) is 23.4 Å². The topological polar surface area (TPSA) is 49.3 Å². The second-order valence-corrected chi connectivity index (χ2v) is 6.71. The Morgan fingerprint density at radius 2 is 2.24 bits per heavy atom. The molecule has 0 spiro atoms. The number of nitrogens with one attached hydrogen (secondary N) is 1. The first kappa shape index (κ1) is 15.9. The maximum absolute atomic E-state index is 12.4. The van der Waals surface area contributed by atoms with E-state index in [-0.39, 0.29) is 17.3 Å². The third-order valence-electron chi connectivity index (χ3n) is 3.99. The van der Waals surface area contributed by atoms with E-state index in [4.69, 9.17) is 5.11 Å². The van der Waals surface area contributed by atoms with Gasteiger partial charge in [-0.1, -0.05) is 24.3 Å². The highest BCUT2D eigenvalue weighted by molar-refractivity contribution is 8.00. The van der Waals surface area contributed by atoms with Crippen molar-refractivity contribution < 1.29 is 9.90 Å². The number of carbonyl (C=O) groups is 1. The molecule has 1 fully saturated rings. The standard InChI is InChI=1S/C17H21NO2S/c1-13-6-7-15(14(11-13)5-3-10-19)16(20)18-12-17(21-2)8-4-9-17/h6-7,11,19H,4,8-10,12H2,1-2H3,(H,18,20). The normalized spacial score (nSPS) is 15.6. The maximum Gasteiger partial charge on any atom is 0.252 e. The average molecular weight is 303 g/mol. The van der Waals surface area contributed by atoms with Gasteiger partial charge in [-0.25, -0.2) is 0 Å². The summed E-state index contributed by atoms with van der Waals surface area (Å²) in [6.07, 6.45) is 5.68. The van der Waals surface area contributed by atoms with E-state index >= 15 is 0 Å². The Morgan fingerprint density at radius 1 is 1.48 bits per heavy atom. The number of aliphatic hydroxyl groups excluding tert-OH is 1. The number of hydrogen-bond acceptors (Lipinski definition) is 3. The molecule has 1 aliphatic carbocycles. The molecule has 1 aromatic carbocycles. The summed E-state index contributed by atoms with van der Waals surface area (Å²) in [7, 11) is 0. The van der Waals surface area contributed by atoms with Gasteiger partial charge < -0.3 is 10.4 Å². The van der Waals surface area contributed by atoms with Gasteiger partial charge in [-0.3, -0.25) is 4.79 Å². The molecule has 4 heteroatoms. The van der Waals surface area contributed by atoms with Gasteiger partial charge in [-0.15, -0.1) is 0 Å². The number of benzene rings is 1. The van der Waals surface area contributed by atoms with Gasteiger partial charge in [0.2, 0.25) is 0 Å². The van der Waals surface area contributed by atoms with E-state index in [0.717, 1.165) is 5.56 Å². The lowest BCUT2D eigenvalue weighted by molar-refractivity contribution is 0.0943. The van der Waals surface area contributed by atoms with Crippen LogP contribution in [0.5, 0.6) is 0 Å². The molecule has 3 nitrogen and oxygen atoms in total. The van der Waals surface area contributed by atoms with Gasteiger partial charge in [0.05, 0.1) is 5.56 Å². The van der Waals surface area contributed by atoms with Crippen molar-refractivity contribution in [3.63, 3.8) is 0 Å². The fourth-order valence-electron chi connectivity index (χ4n) is 2.46. The van der Waals surface area contributed by atoms with E-state index in [9.17, 15) is 4.79 Å². The molecule has 0 aliphatic heterocycles. The fraction of sp³-hybridized carbons (Fsp3) is 0.471. The summed E-state index contributed by atoms with van der Waals surface area (Å²) < 4.78 is 0.220. The molecule has 0 aromatic heterocycles. The summed E-state index contributed by atoms with van der Waals surface area (Å²) in [6, 6.07) is 5.59. The van der Waals surface area contributed by atoms with Crippen molar-refractivity contribution in [2.75, 3.05) is 19.4 Å². The molecule has 112 valence electrons. The van der Waals surface area contributed by atoms with Gasteiger partial charge in [0, 0.05) is 16.9 Å². The maximum atomic E-state index is 12.4. The third kappa shape index (κ3) is 3.81. The number of aryl methyl sites for hydroxylation is 1. The monoisotopic (exact) mass is 303 g/mol. The molecule has 1 saturated carbocycles. The molecular formula is C17H21NO2S. The minimum Gasteiger partial charge on any atom is -0.384 e. The zero-order valence-corrected chi connectivity index (χ0v) is 13.3. The summed E-state index contributed by atoms with van der Waals surface area (Å²) in [5, 5.41) is 11.9. The van der Waals surface area contributed by atoms with E-state index in [1.165, 1.54) is 19.3 Å². The zero-order chi connectivity index (χ0) is 15.3. The Kier molecular flexibility index (Phi) is 5.33. The van der Waals surface area contributed by atoms with Crippen LogP contribution < -0.4 is 5.32 Å². The summed E-state index contributed by atoms with van der Waals surface area (Å²) in [4.78, 5) is 12.4. The minimum absolute atomic E-state index is 0.0856. The van der Waals surface area contributed by atoms with E-state index in [1.807, 2.05) is 30.8 Å². The van der Waals surface area contributed by atoms with Crippen LogP contribution in [0.25, 0.3) is 0 Å². The number of rotatable bonds is 4. The molecule has 1 aromatic rings. The van der Waals surface area contributed by atoms with Crippen LogP contribution in [0.2, 0.25) is 0 Å². The van der Waals surface area contributed by atoms with Gasteiger partial charge in [0.25, 0.3) is 5.91 Å². The molecule has 2 N–H and O–H groups in total. The second kappa shape index (κ2) is 7.02. The Bertz CT molecular complexity index is 577. The smallest absolute Gasteiger partial charge is 0.252 e. The van der Waals surface area contributed by atoms with Crippen molar-refractivity contribution >= 4 is 17.7 Å².